The highest BCUT2D eigenvalue weighted by Crippen LogP contribution is 2.21. The summed E-state index contributed by atoms with van der Waals surface area (Å²) in [5.41, 5.74) is -1.27. The van der Waals surface area contributed by atoms with E-state index in [9.17, 15) is 9.59 Å². The van der Waals surface area contributed by atoms with E-state index in [1.807, 2.05) is 13.8 Å². The van der Waals surface area contributed by atoms with Gasteiger partial charge in [-0.25, -0.2) is 0 Å². The van der Waals surface area contributed by atoms with Crippen LogP contribution in [0.4, 0.5) is 0 Å². The van der Waals surface area contributed by atoms with Crippen molar-refractivity contribution in [1.29, 1.82) is 0 Å². The van der Waals surface area contributed by atoms with Crippen molar-refractivity contribution in [3.63, 3.8) is 0 Å². The van der Waals surface area contributed by atoms with Crippen LogP contribution in [-0.4, -0.2) is 22.5 Å². The van der Waals surface area contributed by atoms with Crippen molar-refractivity contribution in [2.75, 3.05) is 0 Å². The molecule has 0 unspecified atom stereocenters. The molecule has 16 heavy (non-hydrogen) atoms. The number of carboxylic acid groups (broad SMARTS) is 1. The first-order valence-corrected chi connectivity index (χ1v) is 5.65. The second-order valence-corrected chi connectivity index (χ2v) is 5.55. The Balaban J connectivity index is 4.34. The smallest absolute Gasteiger partial charge is 0.309 e. The van der Waals surface area contributed by atoms with Gasteiger partial charge >= 0.3 is 5.97 Å². The van der Waals surface area contributed by atoms with Crippen LogP contribution < -0.4 is 5.32 Å². The second kappa shape index (κ2) is 5.32. The van der Waals surface area contributed by atoms with E-state index in [4.69, 9.17) is 5.11 Å². The first-order valence-electron chi connectivity index (χ1n) is 5.65. The van der Waals surface area contributed by atoms with E-state index in [1.54, 1.807) is 13.8 Å². The van der Waals surface area contributed by atoms with Crippen LogP contribution in [0.3, 0.4) is 0 Å². The number of amides is 1. The molecule has 0 aromatic rings. The van der Waals surface area contributed by atoms with Crippen molar-refractivity contribution in [2.24, 2.45) is 5.41 Å². The number of aliphatic carboxylic acids is 1. The lowest BCUT2D eigenvalue weighted by Gasteiger charge is -2.28. The molecule has 0 aliphatic rings. The quantitative estimate of drug-likeness (QED) is 0.733. The fourth-order valence-electron chi connectivity index (χ4n) is 1.59. The number of rotatable bonds is 6. The van der Waals surface area contributed by atoms with Gasteiger partial charge in [-0.3, -0.25) is 9.59 Å². The lowest BCUT2D eigenvalue weighted by molar-refractivity contribution is -0.149. The number of hydrogen-bond acceptors (Lipinski definition) is 2. The molecular formula is C12H23NO3. The minimum atomic E-state index is -1.01. The molecule has 4 heteroatoms. The van der Waals surface area contributed by atoms with Crippen LogP contribution in [0.1, 0.15) is 53.9 Å². The first kappa shape index (κ1) is 14.9. The van der Waals surface area contributed by atoms with Crippen LogP contribution in [0, 0.1) is 5.41 Å². The molecular weight excluding hydrogens is 206 g/mol. The molecule has 1 amide bonds. The van der Waals surface area contributed by atoms with Gasteiger partial charge in [-0.1, -0.05) is 13.3 Å². The predicted molar refractivity (Wildman–Crippen MR) is 63.2 cm³/mol. The van der Waals surface area contributed by atoms with E-state index in [1.165, 1.54) is 0 Å². The van der Waals surface area contributed by atoms with E-state index in [-0.39, 0.29) is 17.9 Å². The zero-order valence-corrected chi connectivity index (χ0v) is 10.9. The standard InChI is InChI=1S/C12H23NO3/c1-6-7-12(4,5)13-9(14)8-11(2,3)10(15)16/h6-8H2,1-5H3,(H,13,14)(H,15,16). The van der Waals surface area contributed by atoms with Crippen molar-refractivity contribution in [2.45, 2.75) is 59.4 Å². The molecule has 0 aliphatic heterocycles. The Bertz CT molecular complexity index is 269. The number of nitrogens with one attached hydrogen (secondary N) is 1. The van der Waals surface area contributed by atoms with E-state index in [0.29, 0.717) is 0 Å². The molecule has 0 bridgehead atoms. The molecule has 2 N–H and O–H groups in total. The van der Waals surface area contributed by atoms with Crippen LogP contribution in [0.2, 0.25) is 0 Å². The highest BCUT2D eigenvalue weighted by molar-refractivity contribution is 5.84. The zero-order chi connectivity index (χ0) is 13.0. The lowest BCUT2D eigenvalue weighted by atomic mass is 9.88. The fourth-order valence-corrected chi connectivity index (χ4v) is 1.59. The maximum Gasteiger partial charge on any atom is 0.309 e. The number of carbonyl (C=O) groups is 2. The van der Waals surface area contributed by atoms with Gasteiger partial charge in [0.05, 0.1) is 5.41 Å². The average Bonchev–Trinajstić information content (AvgIpc) is 1.99. The number of carbonyl (C=O) groups excluding carboxylic acids is 1. The first-order chi connectivity index (χ1) is 7.10. The minimum Gasteiger partial charge on any atom is -0.481 e. The van der Waals surface area contributed by atoms with Crippen molar-refractivity contribution in [3.8, 4) is 0 Å². The summed E-state index contributed by atoms with van der Waals surface area (Å²) in [5, 5.41) is 11.8. The van der Waals surface area contributed by atoms with Crippen LogP contribution in [-0.2, 0) is 9.59 Å². The van der Waals surface area contributed by atoms with Crippen molar-refractivity contribution in [3.05, 3.63) is 0 Å². The molecule has 94 valence electrons. The molecule has 0 heterocycles. The van der Waals surface area contributed by atoms with E-state index in [0.717, 1.165) is 12.8 Å². The molecule has 0 atom stereocenters. The average molecular weight is 229 g/mol. The molecule has 0 spiro atoms. The summed E-state index contributed by atoms with van der Waals surface area (Å²) in [6.45, 7) is 9.06. The summed E-state index contributed by atoms with van der Waals surface area (Å²) in [6, 6.07) is 0. The Morgan fingerprint density at radius 3 is 2.06 bits per heavy atom. The summed E-state index contributed by atoms with van der Waals surface area (Å²) >= 11 is 0. The van der Waals surface area contributed by atoms with Gasteiger partial charge in [-0.05, 0) is 34.1 Å². The molecule has 0 rings (SSSR count). The van der Waals surface area contributed by atoms with Gasteiger partial charge in [0.15, 0.2) is 0 Å². The van der Waals surface area contributed by atoms with Gasteiger partial charge in [-0.2, -0.15) is 0 Å². The normalized spacial score (nSPS) is 12.3. The van der Waals surface area contributed by atoms with Gasteiger partial charge in [0.25, 0.3) is 0 Å². The van der Waals surface area contributed by atoms with Crippen molar-refractivity contribution in [1.82, 2.24) is 5.32 Å². The van der Waals surface area contributed by atoms with Gasteiger partial charge in [0.1, 0.15) is 0 Å². The van der Waals surface area contributed by atoms with Crippen LogP contribution in [0.15, 0.2) is 0 Å². The molecule has 0 saturated heterocycles. The Hall–Kier alpha value is -1.06. The summed E-state index contributed by atoms with van der Waals surface area (Å²) in [4.78, 5) is 22.5. The maximum absolute atomic E-state index is 11.7. The van der Waals surface area contributed by atoms with Gasteiger partial charge < -0.3 is 10.4 Å². The van der Waals surface area contributed by atoms with Crippen molar-refractivity contribution < 1.29 is 14.7 Å². The summed E-state index contributed by atoms with van der Waals surface area (Å²) < 4.78 is 0. The van der Waals surface area contributed by atoms with Crippen LogP contribution >= 0.6 is 0 Å². The largest absolute Gasteiger partial charge is 0.481 e. The topological polar surface area (TPSA) is 66.4 Å². The zero-order valence-electron chi connectivity index (χ0n) is 10.9. The Labute approximate surface area is 97.4 Å². The summed E-state index contributed by atoms with van der Waals surface area (Å²) in [7, 11) is 0. The highest BCUT2D eigenvalue weighted by Gasteiger charge is 2.31. The van der Waals surface area contributed by atoms with Crippen LogP contribution in [0.25, 0.3) is 0 Å². The fraction of sp³-hybridized carbons (Fsp3) is 0.833. The van der Waals surface area contributed by atoms with Gasteiger partial charge in [0.2, 0.25) is 5.91 Å². The molecule has 0 aliphatic carbocycles. The Morgan fingerprint density at radius 1 is 1.19 bits per heavy atom. The lowest BCUT2D eigenvalue weighted by Crippen LogP contribution is -2.45. The Morgan fingerprint density at radius 2 is 1.69 bits per heavy atom. The molecule has 0 saturated carbocycles. The van der Waals surface area contributed by atoms with E-state index in [2.05, 4.69) is 12.2 Å². The summed E-state index contributed by atoms with van der Waals surface area (Å²) in [5.74, 6) is -1.15. The molecule has 0 aromatic heterocycles. The molecule has 0 radical (unpaired) electrons. The molecule has 0 aromatic carbocycles. The van der Waals surface area contributed by atoms with E-state index < -0.39 is 11.4 Å². The minimum absolute atomic E-state index is 0.00940. The predicted octanol–water partition coefficient (Wildman–Crippen LogP) is 2.18. The number of hydrogen-bond donors (Lipinski definition) is 2. The SMILES string of the molecule is CCCC(C)(C)NC(=O)CC(C)(C)C(=O)O. The van der Waals surface area contributed by atoms with E-state index >= 15 is 0 Å². The molecule has 4 nitrogen and oxygen atoms in total. The number of carboxylic acids is 1. The Kier molecular flexibility index (Phi) is 4.97. The third kappa shape index (κ3) is 5.14. The van der Waals surface area contributed by atoms with Gasteiger partial charge in [-0.15, -0.1) is 0 Å². The summed E-state index contributed by atoms with van der Waals surface area (Å²) in [6.07, 6.45) is 1.87. The highest BCUT2D eigenvalue weighted by atomic mass is 16.4. The molecule has 0 fully saturated rings. The monoisotopic (exact) mass is 229 g/mol. The third-order valence-corrected chi connectivity index (χ3v) is 2.53. The maximum atomic E-state index is 11.7. The second-order valence-electron chi connectivity index (χ2n) is 5.55. The van der Waals surface area contributed by atoms with Gasteiger partial charge in [0, 0.05) is 12.0 Å². The van der Waals surface area contributed by atoms with Crippen LogP contribution in [0.5, 0.6) is 0 Å². The third-order valence-electron chi connectivity index (χ3n) is 2.53. The van der Waals surface area contributed by atoms with Crippen molar-refractivity contribution >= 4 is 11.9 Å².